The van der Waals surface area contributed by atoms with E-state index in [1.165, 1.54) is 12.1 Å². The van der Waals surface area contributed by atoms with Crippen LogP contribution < -0.4 is 10.6 Å². The summed E-state index contributed by atoms with van der Waals surface area (Å²) in [6.45, 7) is 7.22. The molecular formula is C18H22ClN3O4. The second-order valence-corrected chi connectivity index (χ2v) is 7.28. The van der Waals surface area contributed by atoms with Crippen LogP contribution in [-0.4, -0.2) is 23.9 Å². The van der Waals surface area contributed by atoms with Crippen molar-refractivity contribution in [3.63, 3.8) is 0 Å². The number of carbonyl (C=O) groups is 1. The van der Waals surface area contributed by atoms with Crippen LogP contribution in [-0.2, 0) is 11.3 Å². The van der Waals surface area contributed by atoms with Crippen LogP contribution in [0.5, 0.6) is 0 Å². The van der Waals surface area contributed by atoms with Crippen LogP contribution >= 0.6 is 11.6 Å². The molecule has 1 aromatic carbocycles. The molecule has 0 bridgehead atoms. The standard InChI is InChI=1S/C18H22ClN3O4/c1-18(2,3)17(23)21-9-8-20-11-13-5-7-16(26-13)14-6-4-12(22(24)25)10-15(14)19/h4-7,10,20H,8-9,11H2,1-3H3,(H,21,23). The van der Waals surface area contributed by atoms with Gasteiger partial charge in [-0.25, -0.2) is 0 Å². The number of hydrogen-bond acceptors (Lipinski definition) is 5. The first kappa shape index (κ1) is 19.9. The third kappa shape index (κ3) is 5.31. The molecule has 1 amide bonds. The van der Waals surface area contributed by atoms with Crippen LogP contribution in [0.1, 0.15) is 26.5 Å². The molecule has 8 heteroatoms. The normalized spacial score (nSPS) is 11.4. The number of halogens is 1. The van der Waals surface area contributed by atoms with E-state index in [0.717, 1.165) is 0 Å². The Labute approximate surface area is 156 Å². The zero-order chi connectivity index (χ0) is 19.3. The quantitative estimate of drug-likeness (QED) is 0.433. The van der Waals surface area contributed by atoms with Gasteiger partial charge in [0, 0.05) is 36.2 Å². The van der Waals surface area contributed by atoms with Crippen molar-refractivity contribution in [1.29, 1.82) is 0 Å². The molecule has 0 spiro atoms. The summed E-state index contributed by atoms with van der Waals surface area (Å²) >= 11 is 6.11. The van der Waals surface area contributed by atoms with E-state index in [-0.39, 0.29) is 16.6 Å². The lowest BCUT2D eigenvalue weighted by Gasteiger charge is -2.17. The Morgan fingerprint density at radius 1 is 1.23 bits per heavy atom. The molecule has 1 aromatic heterocycles. The van der Waals surface area contributed by atoms with E-state index in [4.69, 9.17) is 16.0 Å². The van der Waals surface area contributed by atoms with Crippen LogP contribution in [0.4, 0.5) is 5.69 Å². The molecule has 2 rings (SSSR count). The average Bonchev–Trinajstić information content (AvgIpc) is 3.01. The molecule has 140 valence electrons. The Hall–Kier alpha value is -2.38. The molecule has 0 saturated heterocycles. The second-order valence-electron chi connectivity index (χ2n) is 6.87. The van der Waals surface area contributed by atoms with Gasteiger partial charge in [-0.05, 0) is 18.2 Å². The molecule has 0 aliphatic rings. The Morgan fingerprint density at radius 3 is 2.58 bits per heavy atom. The molecule has 0 fully saturated rings. The molecule has 0 atom stereocenters. The summed E-state index contributed by atoms with van der Waals surface area (Å²) in [5, 5.41) is 17.1. The minimum atomic E-state index is -0.494. The van der Waals surface area contributed by atoms with Crippen LogP contribution in [0.3, 0.4) is 0 Å². The summed E-state index contributed by atoms with van der Waals surface area (Å²) < 4.78 is 5.73. The van der Waals surface area contributed by atoms with Gasteiger partial charge < -0.3 is 15.1 Å². The van der Waals surface area contributed by atoms with Crippen LogP contribution in [0.2, 0.25) is 5.02 Å². The van der Waals surface area contributed by atoms with Gasteiger partial charge in [0.1, 0.15) is 11.5 Å². The number of furan rings is 1. The predicted molar refractivity (Wildman–Crippen MR) is 100.0 cm³/mol. The number of hydrogen-bond donors (Lipinski definition) is 2. The van der Waals surface area contributed by atoms with Crippen molar-refractivity contribution in [3.05, 3.63) is 51.2 Å². The van der Waals surface area contributed by atoms with Gasteiger partial charge in [-0.15, -0.1) is 0 Å². The number of nitrogens with one attached hydrogen (secondary N) is 2. The summed E-state index contributed by atoms with van der Waals surface area (Å²) in [4.78, 5) is 22.0. The Morgan fingerprint density at radius 2 is 1.96 bits per heavy atom. The maximum Gasteiger partial charge on any atom is 0.270 e. The molecule has 2 N–H and O–H groups in total. The predicted octanol–water partition coefficient (Wildman–Crippen LogP) is 3.76. The third-order valence-corrected chi connectivity index (χ3v) is 3.97. The van der Waals surface area contributed by atoms with Gasteiger partial charge in [-0.2, -0.15) is 0 Å². The highest BCUT2D eigenvalue weighted by Gasteiger charge is 2.20. The monoisotopic (exact) mass is 379 g/mol. The van der Waals surface area contributed by atoms with Gasteiger partial charge in [-0.3, -0.25) is 14.9 Å². The van der Waals surface area contributed by atoms with Crippen molar-refractivity contribution in [1.82, 2.24) is 10.6 Å². The highest BCUT2D eigenvalue weighted by atomic mass is 35.5. The van der Waals surface area contributed by atoms with Crippen molar-refractivity contribution in [2.45, 2.75) is 27.3 Å². The van der Waals surface area contributed by atoms with E-state index < -0.39 is 10.3 Å². The molecule has 1 heterocycles. The molecule has 0 aliphatic heterocycles. The van der Waals surface area contributed by atoms with Crippen molar-refractivity contribution in [2.75, 3.05) is 13.1 Å². The zero-order valence-corrected chi connectivity index (χ0v) is 15.7. The fourth-order valence-corrected chi connectivity index (χ4v) is 2.44. The first-order valence-electron chi connectivity index (χ1n) is 8.20. The van der Waals surface area contributed by atoms with Gasteiger partial charge in [0.05, 0.1) is 16.5 Å². The van der Waals surface area contributed by atoms with Crippen molar-refractivity contribution >= 4 is 23.2 Å². The topological polar surface area (TPSA) is 97.4 Å². The smallest absolute Gasteiger partial charge is 0.270 e. The van der Waals surface area contributed by atoms with Crippen LogP contribution in [0.15, 0.2) is 34.7 Å². The van der Waals surface area contributed by atoms with Crippen molar-refractivity contribution in [3.8, 4) is 11.3 Å². The van der Waals surface area contributed by atoms with Crippen molar-refractivity contribution in [2.24, 2.45) is 5.41 Å². The lowest BCUT2D eigenvalue weighted by Crippen LogP contribution is -2.38. The number of carbonyl (C=O) groups excluding carboxylic acids is 1. The number of non-ortho nitro benzene ring substituents is 1. The second kappa shape index (κ2) is 8.33. The van der Waals surface area contributed by atoms with Gasteiger partial charge in [0.15, 0.2) is 0 Å². The fourth-order valence-electron chi connectivity index (χ4n) is 2.18. The summed E-state index contributed by atoms with van der Waals surface area (Å²) in [5.74, 6) is 1.26. The fraction of sp³-hybridized carbons (Fsp3) is 0.389. The minimum Gasteiger partial charge on any atom is -0.460 e. The first-order chi connectivity index (χ1) is 12.2. The highest BCUT2D eigenvalue weighted by Crippen LogP contribution is 2.32. The zero-order valence-electron chi connectivity index (χ0n) is 15.0. The summed E-state index contributed by atoms with van der Waals surface area (Å²) in [7, 11) is 0. The molecule has 0 saturated carbocycles. The number of nitro benzene ring substituents is 1. The SMILES string of the molecule is CC(C)(C)C(=O)NCCNCc1ccc(-c2ccc([N+](=O)[O-])cc2Cl)o1. The summed E-state index contributed by atoms with van der Waals surface area (Å²) in [6.07, 6.45) is 0. The Kier molecular flexibility index (Phi) is 6.39. The highest BCUT2D eigenvalue weighted by molar-refractivity contribution is 6.33. The maximum absolute atomic E-state index is 11.7. The van der Waals surface area contributed by atoms with E-state index in [1.807, 2.05) is 26.8 Å². The lowest BCUT2D eigenvalue weighted by molar-refractivity contribution is -0.384. The minimum absolute atomic E-state index is 0.00685. The number of benzene rings is 1. The molecule has 0 radical (unpaired) electrons. The van der Waals surface area contributed by atoms with Gasteiger partial charge in [0.25, 0.3) is 5.69 Å². The van der Waals surface area contributed by atoms with E-state index >= 15 is 0 Å². The van der Waals surface area contributed by atoms with Crippen molar-refractivity contribution < 1.29 is 14.1 Å². The largest absolute Gasteiger partial charge is 0.460 e. The summed E-state index contributed by atoms with van der Waals surface area (Å²) in [6, 6.07) is 7.84. The van der Waals surface area contributed by atoms with E-state index in [0.29, 0.717) is 36.7 Å². The van der Waals surface area contributed by atoms with Crippen LogP contribution in [0, 0.1) is 15.5 Å². The van der Waals surface area contributed by atoms with E-state index in [1.54, 1.807) is 12.1 Å². The molecule has 26 heavy (non-hydrogen) atoms. The molecule has 0 aliphatic carbocycles. The maximum atomic E-state index is 11.7. The number of rotatable bonds is 7. The Bertz CT molecular complexity index is 796. The Balaban J connectivity index is 1.87. The van der Waals surface area contributed by atoms with Gasteiger partial charge in [0.2, 0.25) is 5.91 Å². The number of nitro groups is 1. The molecule has 0 unspecified atom stereocenters. The average molecular weight is 380 g/mol. The van der Waals surface area contributed by atoms with E-state index in [2.05, 4.69) is 10.6 Å². The summed E-state index contributed by atoms with van der Waals surface area (Å²) in [5.41, 5.74) is 0.130. The molecule has 2 aromatic rings. The van der Waals surface area contributed by atoms with Crippen LogP contribution in [0.25, 0.3) is 11.3 Å². The van der Waals surface area contributed by atoms with Gasteiger partial charge >= 0.3 is 0 Å². The third-order valence-electron chi connectivity index (χ3n) is 3.66. The number of nitrogens with zero attached hydrogens (tertiary/aromatic N) is 1. The van der Waals surface area contributed by atoms with Gasteiger partial charge in [-0.1, -0.05) is 32.4 Å². The van der Waals surface area contributed by atoms with E-state index in [9.17, 15) is 14.9 Å². The lowest BCUT2D eigenvalue weighted by atomic mass is 9.96. The number of amides is 1. The first-order valence-corrected chi connectivity index (χ1v) is 8.58. The molecular weight excluding hydrogens is 358 g/mol. The molecule has 7 nitrogen and oxygen atoms in total.